The van der Waals surface area contributed by atoms with Gasteiger partial charge in [-0.1, -0.05) is 106 Å². The van der Waals surface area contributed by atoms with E-state index in [9.17, 15) is 0 Å². The van der Waals surface area contributed by atoms with E-state index in [4.69, 9.17) is 4.74 Å². The van der Waals surface area contributed by atoms with E-state index >= 15 is 0 Å². The molecule has 1 aliphatic rings. The second kappa shape index (κ2) is 11.6. The highest BCUT2D eigenvalue weighted by Crippen LogP contribution is 2.35. The molecule has 1 nitrogen and oxygen atoms in total. The van der Waals surface area contributed by atoms with Crippen LogP contribution in [0.4, 0.5) is 0 Å². The first-order valence-corrected chi connectivity index (χ1v) is 12.6. The van der Waals surface area contributed by atoms with Crippen molar-refractivity contribution in [2.45, 2.75) is 33.1 Å². The van der Waals surface area contributed by atoms with Gasteiger partial charge in [0.25, 0.3) is 0 Å². The number of fused-ring (bicyclic) bond motifs is 1. The molecule has 0 bridgehead atoms. The number of ether oxygens (including phenoxy) is 1. The third kappa shape index (κ3) is 5.58. The van der Waals surface area contributed by atoms with E-state index in [2.05, 4.69) is 99.8 Å². The number of rotatable bonds is 7. The summed E-state index contributed by atoms with van der Waals surface area (Å²) >= 11 is 0. The average molecular weight is 471 g/mol. The highest BCUT2D eigenvalue weighted by atomic mass is 16.5. The number of benzene rings is 3. The van der Waals surface area contributed by atoms with Crippen LogP contribution >= 0.6 is 0 Å². The highest BCUT2D eigenvalue weighted by Gasteiger charge is 2.12. The van der Waals surface area contributed by atoms with E-state index in [1.54, 1.807) is 12.3 Å². The summed E-state index contributed by atoms with van der Waals surface area (Å²) in [5.41, 5.74) is 10.1. The zero-order valence-corrected chi connectivity index (χ0v) is 21.5. The van der Waals surface area contributed by atoms with Gasteiger partial charge in [0.05, 0.1) is 6.26 Å². The van der Waals surface area contributed by atoms with Crippen LogP contribution in [0.5, 0.6) is 5.75 Å². The molecule has 3 aromatic rings. The summed E-state index contributed by atoms with van der Waals surface area (Å²) in [7, 11) is 0. The lowest BCUT2D eigenvalue weighted by atomic mass is 9.93. The molecule has 0 saturated heterocycles. The number of allylic oxidation sites excluding steroid dienone is 9. The number of hydrogen-bond acceptors (Lipinski definition) is 1. The summed E-state index contributed by atoms with van der Waals surface area (Å²) in [5, 5.41) is 0. The predicted molar refractivity (Wildman–Crippen MR) is 156 cm³/mol. The molecule has 0 aliphatic carbocycles. The molecule has 0 unspecified atom stereocenters. The zero-order valence-electron chi connectivity index (χ0n) is 21.5. The Balaban J connectivity index is 1.62. The summed E-state index contributed by atoms with van der Waals surface area (Å²) in [4.78, 5) is 0. The molecule has 4 rings (SSSR count). The van der Waals surface area contributed by atoms with Gasteiger partial charge in [0.15, 0.2) is 0 Å². The molecular formula is C35H34O. The van der Waals surface area contributed by atoms with Crippen molar-refractivity contribution in [3.63, 3.8) is 0 Å². The maximum atomic E-state index is 5.98. The maximum Gasteiger partial charge on any atom is 0.134 e. The zero-order chi connectivity index (χ0) is 25.5. The van der Waals surface area contributed by atoms with Crippen LogP contribution in [0.25, 0.3) is 27.8 Å². The lowest BCUT2D eigenvalue weighted by molar-refractivity contribution is 0.479. The van der Waals surface area contributed by atoms with Gasteiger partial charge in [-0.05, 0) is 88.1 Å². The van der Waals surface area contributed by atoms with E-state index in [0.717, 1.165) is 45.6 Å². The first-order valence-electron chi connectivity index (χ1n) is 12.6. The second-order valence-corrected chi connectivity index (χ2v) is 9.12. The Morgan fingerprint density at radius 2 is 1.53 bits per heavy atom. The maximum absolute atomic E-state index is 5.98. The molecule has 1 aliphatic heterocycles. The van der Waals surface area contributed by atoms with Crippen molar-refractivity contribution in [2.75, 3.05) is 0 Å². The molecule has 1 heterocycles. The minimum absolute atomic E-state index is 0.590. The molecule has 36 heavy (non-hydrogen) atoms. The summed E-state index contributed by atoms with van der Waals surface area (Å²) < 4.78 is 5.98. The fraction of sp³-hybridized carbons (Fsp3) is 0.143. The van der Waals surface area contributed by atoms with E-state index in [1.807, 2.05) is 31.2 Å². The van der Waals surface area contributed by atoms with Gasteiger partial charge in [-0.2, -0.15) is 0 Å². The third-order valence-corrected chi connectivity index (χ3v) is 6.72. The average Bonchev–Trinajstić information content (AvgIpc) is 2.91. The molecule has 0 spiro atoms. The van der Waals surface area contributed by atoms with Crippen molar-refractivity contribution >= 4 is 5.57 Å². The van der Waals surface area contributed by atoms with Gasteiger partial charge in [-0.3, -0.25) is 0 Å². The van der Waals surface area contributed by atoms with Gasteiger partial charge >= 0.3 is 0 Å². The van der Waals surface area contributed by atoms with E-state index in [1.165, 1.54) is 16.7 Å². The molecule has 3 aromatic carbocycles. The Morgan fingerprint density at radius 3 is 2.14 bits per heavy atom. The van der Waals surface area contributed by atoms with Gasteiger partial charge in [-0.15, -0.1) is 0 Å². The quantitative estimate of drug-likeness (QED) is 0.312. The molecule has 0 fully saturated rings. The Hall–Kier alpha value is -4.10. The van der Waals surface area contributed by atoms with Crippen molar-refractivity contribution in [2.24, 2.45) is 0 Å². The second-order valence-electron chi connectivity index (χ2n) is 9.12. The van der Waals surface area contributed by atoms with E-state index < -0.39 is 0 Å². The van der Waals surface area contributed by atoms with Crippen LogP contribution in [-0.4, -0.2) is 0 Å². The molecule has 1 heteroatoms. The lowest BCUT2D eigenvalue weighted by Crippen LogP contribution is -1.96. The van der Waals surface area contributed by atoms with Gasteiger partial charge in [0.2, 0.25) is 0 Å². The Labute approximate surface area is 216 Å². The van der Waals surface area contributed by atoms with Crippen molar-refractivity contribution in [1.82, 2.24) is 0 Å². The highest BCUT2D eigenvalue weighted by molar-refractivity contribution is 5.83. The van der Waals surface area contributed by atoms with Crippen LogP contribution in [-0.2, 0) is 0 Å². The molecule has 0 N–H and O–H groups in total. The first kappa shape index (κ1) is 25.0. The van der Waals surface area contributed by atoms with Crippen LogP contribution in [0, 0.1) is 0 Å². The van der Waals surface area contributed by atoms with E-state index in [-0.39, 0.29) is 0 Å². The van der Waals surface area contributed by atoms with Crippen molar-refractivity contribution in [1.29, 1.82) is 0 Å². The van der Waals surface area contributed by atoms with Gasteiger partial charge in [-0.25, -0.2) is 0 Å². The Kier molecular flexibility index (Phi) is 8.02. The summed E-state index contributed by atoms with van der Waals surface area (Å²) in [6, 6.07) is 24.0. The molecule has 0 saturated carbocycles. The van der Waals surface area contributed by atoms with Gasteiger partial charge in [0, 0.05) is 5.56 Å². The van der Waals surface area contributed by atoms with Crippen molar-refractivity contribution in [3.05, 3.63) is 145 Å². The summed E-state index contributed by atoms with van der Waals surface area (Å²) in [6.07, 6.45) is 14.8. The van der Waals surface area contributed by atoms with Crippen molar-refractivity contribution < 1.29 is 4.74 Å². The molecule has 0 aromatic heterocycles. The monoisotopic (exact) mass is 470 g/mol. The number of hydrogen-bond donors (Lipinski definition) is 0. The minimum Gasteiger partial charge on any atom is -0.464 e. The predicted octanol–water partition coefficient (Wildman–Crippen LogP) is 10.1. The largest absolute Gasteiger partial charge is 0.464 e. The molecular weight excluding hydrogens is 436 g/mol. The smallest absolute Gasteiger partial charge is 0.134 e. The fourth-order valence-corrected chi connectivity index (χ4v) is 4.39. The minimum atomic E-state index is 0.590. The normalized spacial score (nSPS) is 16.8. The lowest BCUT2D eigenvalue weighted by Gasteiger charge is -2.16. The fourth-order valence-electron chi connectivity index (χ4n) is 4.39. The van der Waals surface area contributed by atoms with Gasteiger partial charge < -0.3 is 4.74 Å². The van der Waals surface area contributed by atoms with Crippen LogP contribution in [0.2, 0.25) is 0 Å². The third-order valence-electron chi connectivity index (χ3n) is 6.72. The molecule has 1 atom stereocenters. The standard InChI is InChI=1S/C35H34O/c1-6-9-28(10-7-2)33-21-22-36-35-20-19-32(24-34(35)26(5)23-33)31-17-15-30(16-18-31)29-13-11-27(12-14-29)25(4)8-3/h6-7,9-25H,1,5,8H2,2-4H3/b10-7-,22-21-,28-9+,33-23+/t25-/m1/s1. The molecule has 180 valence electrons. The topological polar surface area (TPSA) is 9.23 Å². The summed E-state index contributed by atoms with van der Waals surface area (Å²) in [6.45, 7) is 14.7. The Morgan fingerprint density at radius 1 is 0.917 bits per heavy atom. The SMILES string of the molecule is C=C/C=C(\C=C/C)C1=C/C(=C)c2cc(-c3ccc(-c4ccc([C@H](C)CC)cc4)cc3)ccc2O/C=C\1. The van der Waals surface area contributed by atoms with Crippen molar-refractivity contribution in [3.8, 4) is 28.0 Å². The van der Waals surface area contributed by atoms with Crippen LogP contribution in [0.3, 0.4) is 0 Å². The van der Waals surface area contributed by atoms with Gasteiger partial charge in [0.1, 0.15) is 5.75 Å². The molecule has 0 amide bonds. The Bertz CT molecular complexity index is 1360. The van der Waals surface area contributed by atoms with Crippen LogP contribution < -0.4 is 4.74 Å². The van der Waals surface area contributed by atoms with E-state index in [0.29, 0.717) is 5.92 Å². The molecule has 0 radical (unpaired) electrons. The van der Waals surface area contributed by atoms with Crippen LogP contribution in [0.1, 0.15) is 44.2 Å². The summed E-state index contributed by atoms with van der Waals surface area (Å²) in [5.74, 6) is 1.39. The van der Waals surface area contributed by atoms with Crippen LogP contribution in [0.15, 0.2) is 134 Å². The first-order chi connectivity index (χ1) is 17.5.